The first kappa shape index (κ1) is 13.8. The molecule has 0 spiro atoms. The maximum absolute atomic E-state index is 11.9. The summed E-state index contributed by atoms with van der Waals surface area (Å²) in [5.74, 6) is -0.224. The van der Waals surface area contributed by atoms with Gasteiger partial charge in [-0.2, -0.15) is 0 Å². The fraction of sp³-hybridized carbons (Fsp3) is 0.583. The summed E-state index contributed by atoms with van der Waals surface area (Å²) in [5.41, 5.74) is 0.0452. The number of hydrogen-bond donors (Lipinski definition) is 2. The van der Waals surface area contributed by atoms with Crippen molar-refractivity contribution in [3.8, 4) is 0 Å². The molecule has 1 amide bonds. The molecule has 0 bridgehead atoms. The van der Waals surface area contributed by atoms with E-state index in [0.717, 1.165) is 5.56 Å². The molecule has 4 nitrogen and oxygen atoms in total. The number of aliphatic hydroxyl groups is 1. The Labute approximate surface area is 115 Å². The van der Waals surface area contributed by atoms with E-state index in [1.54, 1.807) is 0 Å². The lowest BCUT2D eigenvalue weighted by atomic mass is 9.94. The van der Waals surface area contributed by atoms with Crippen LogP contribution in [0.15, 0.2) is 5.38 Å². The lowest BCUT2D eigenvalue weighted by molar-refractivity contribution is -0.0605. The minimum atomic E-state index is -0.854. The number of rotatable bonds is 3. The molecule has 1 saturated heterocycles. The Kier molecular flexibility index (Phi) is 4.27. The molecule has 0 unspecified atom stereocenters. The highest BCUT2D eigenvalue weighted by Crippen LogP contribution is 2.27. The van der Waals surface area contributed by atoms with Crippen LogP contribution >= 0.6 is 22.9 Å². The van der Waals surface area contributed by atoms with Crippen molar-refractivity contribution >= 4 is 28.8 Å². The fourth-order valence-corrected chi connectivity index (χ4v) is 3.03. The predicted molar refractivity (Wildman–Crippen MR) is 71.4 cm³/mol. The van der Waals surface area contributed by atoms with Gasteiger partial charge in [-0.15, -0.1) is 11.3 Å². The van der Waals surface area contributed by atoms with Gasteiger partial charge in [0.15, 0.2) is 0 Å². The quantitative estimate of drug-likeness (QED) is 0.894. The number of ether oxygens (including phenoxy) is 1. The Hall–Kier alpha value is -0.620. The van der Waals surface area contributed by atoms with E-state index in [4.69, 9.17) is 16.3 Å². The number of carbonyl (C=O) groups is 1. The third kappa shape index (κ3) is 3.03. The number of carbonyl (C=O) groups excluding carboxylic acids is 1. The molecule has 2 N–H and O–H groups in total. The van der Waals surface area contributed by atoms with Crippen molar-refractivity contribution < 1.29 is 14.6 Å². The summed E-state index contributed by atoms with van der Waals surface area (Å²) >= 11 is 7.35. The molecule has 1 fully saturated rings. The van der Waals surface area contributed by atoms with Gasteiger partial charge in [0.25, 0.3) is 5.91 Å². The molecule has 1 aliphatic heterocycles. The number of hydrogen-bond acceptors (Lipinski definition) is 4. The van der Waals surface area contributed by atoms with Crippen LogP contribution in [-0.4, -0.2) is 36.4 Å². The Morgan fingerprint density at radius 1 is 1.61 bits per heavy atom. The molecule has 1 aromatic rings. The van der Waals surface area contributed by atoms with Gasteiger partial charge in [0.1, 0.15) is 4.88 Å². The lowest BCUT2D eigenvalue weighted by Gasteiger charge is -2.31. The summed E-state index contributed by atoms with van der Waals surface area (Å²) in [6, 6.07) is 0. The van der Waals surface area contributed by atoms with Crippen LogP contribution in [0.4, 0.5) is 0 Å². The van der Waals surface area contributed by atoms with Crippen molar-refractivity contribution in [3.63, 3.8) is 0 Å². The van der Waals surface area contributed by atoms with Gasteiger partial charge in [0, 0.05) is 32.6 Å². The molecule has 0 aliphatic carbocycles. The first-order chi connectivity index (χ1) is 8.52. The molecule has 100 valence electrons. The Morgan fingerprint density at radius 2 is 2.28 bits per heavy atom. The number of thiophene rings is 1. The summed E-state index contributed by atoms with van der Waals surface area (Å²) in [5, 5.41) is 15.3. The van der Waals surface area contributed by atoms with Crippen molar-refractivity contribution in [2.75, 3.05) is 19.8 Å². The third-order valence-corrected chi connectivity index (χ3v) is 4.80. The summed E-state index contributed by atoms with van der Waals surface area (Å²) < 4.78 is 5.19. The van der Waals surface area contributed by atoms with Crippen LogP contribution in [0, 0.1) is 6.92 Å². The SMILES string of the molecule is Cc1csc(C(=O)NCC2(O)CCOCC2)c1Cl. The standard InChI is InChI=1S/C12H16ClNO3S/c1-8-6-18-10(9(8)13)11(15)14-7-12(16)2-4-17-5-3-12/h6,16H,2-5,7H2,1H3,(H,14,15). The molecule has 0 radical (unpaired) electrons. The van der Waals surface area contributed by atoms with E-state index in [2.05, 4.69) is 5.32 Å². The second-order valence-corrected chi connectivity index (χ2v) is 5.84. The molecular weight excluding hydrogens is 274 g/mol. The van der Waals surface area contributed by atoms with Gasteiger partial charge in [-0.05, 0) is 17.9 Å². The highest BCUT2D eigenvalue weighted by atomic mass is 35.5. The Balaban J connectivity index is 1.94. The zero-order chi connectivity index (χ0) is 13.2. The average molecular weight is 290 g/mol. The summed E-state index contributed by atoms with van der Waals surface area (Å²) in [6.07, 6.45) is 1.09. The minimum absolute atomic E-state index is 0.224. The predicted octanol–water partition coefficient (Wildman–Crippen LogP) is 1.98. The van der Waals surface area contributed by atoms with E-state index in [9.17, 15) is 9.90 Å². The van der Waals surface area contributed by atoms with Gasteiger partial charge in [-0.3, -0.25) is 4.79 Å². The third-order valence-electron chi connectivity index (χ3n) is 3.11. The Bertz CT molecular complexity index is 441. The number of amides is 1. The second-order valence-electron chi connectivity index (χ2n) is 4.58. The van der Waals surface area contributed by atoms with Gasteiger partial charge >= 0.3 is 0 Å². The zero-order valence-corrected chi connectivity index (χ0v) is 11.7. The van der Waals surface area contributed by atoms with E-state index >= 15 is 0 Å². The van der Waals surface area contributed by atoms with Crippen LogP contribution in [0.5, 0.6) is 0 Å². The second kappa shape index (κ2) is 5.57. The van der Waals surface area contributed by atoms with Crippen molar-refractivity contribution in [2.24, 2.45) is 0 Å². The topological polar surface area (TPSA) is 58.6 Å². The van der Waals surface area contributed by atoms with E-state index in [1.165, 1.54) is 11.3 Å². The van der Waals surface area contributed by atoms with E-state index in [-0.39, 0.29) is 12.5 Å². The van der Waals surface area contributed by atoms with Crippen LogP contribution in [0.1, 0.15) is 28.1 Å². The minimum Gasteiger partial charge on any atom is -0.388 e. The van der Waals surface area contributed by atoms with Gasteiger partial charge < -0.3 is 15.2 Å². The molecule has 0 atom stereocenters. The highest BCUT2D eigenvalue weighted by molar-refractivity contribution is 7.13. The average Bonchev–Trinajstić information content (AvgIpc) is 2.68. The van der Waals surface area contributed by atoms with Gasteiger partial charge in [-0.1, -0.05) is 11.6 Å². The Morgan fingerprint density at radius 3 is 2.83 bits per heavy atom. The summed E-state index contributed by atoms with van der Waals surface area (Å²) in [6.45, 7) is 3.17. The molecule has 18 heavy (non-hydrogen) atoms. The maximum Gasteiger partial charge on any atom is 0.262 e. The van der Waals surface area contributed by atoms with Crippen molar-refractivity contribution in [1.82, 2.24) is 5.32 Å². The largest absolute Gasteiger partial charge is 0.388 e. The smallest absolute Gasteiger partial charge is 0.262 e. The van der Waals surface area contributed by atoms with E-state index in [1.807, 2.05) is 12.3 Å². The van der Waals surface area contributed by atoms with Crippen molar-refractivity contribution in [3.05, 3.63) is 20.8 Å². The number of aryl methyl sites for hydroxylation is 1. The summed E-state index contributed by atoms with van der Waals surface area (Å²) in [7, 11) is 0. The van der Waals surface area contributed by atoms with Crippen molar-refractivity contribution in [1.29, 1.82) is 0 Å². The van der Waals surface area contributed by atoms with Crippen LogP contribution < -0.4 is 5.32 Å². The highest BCUT2D eigenvalue weighted by Gasteiger charge is 2.30. The molecule has 0 aromatic carbocycles. The van der Waals surface area contributed by atoms with E-state index < -0.39 is 5.60 Å². The maximum atomic E-state index is 11.9. The zero-order valence-electron chi connectivity index (χ0n) is 10.2. The van der Waals surface area contributed by atoms with Gasteiger partial charge in [-0.25, -0.2) is 0 Å². The van der Waals surface area contributed by atoms with E-state index in [0.29, 0.717) is 36.0 Å². The van der Waals surface area contributed by atoms with Crippen LogP contribution in [0.2, 0.25) is 5.02 Å². The molecule has 2 heterocycles. The lowest BCUT2D eigenvalue weighted by Crippen LogP contribution is -2.46. The number of halogens is 1. The van der Waals surface area contributed by atoms with Crippen LogP contribution in [-0.2, 0) is 4.74 Å². The van der Waals surface area contributed by atoms with Gasteiger partial charge in [0.05, 0.1) is 10.6 Å². The fourth-order valence-electron chi connectivity index (χ4n) is 1.84. The molecule has 0 saturated carbocycles. The molecule has 6 heteroatoms. The first-order valence-corrected chi connectivity index (χ1v) is 7.09. The number of nitrogens with one attached hydrogen (secondary N) is 1. The first-order valence-electron chi connectivity index (χ1n) is 5.84. The molecule has 1 aromatic heterocycles. The monoisotopic (exact) mass is 289 g/mol. The van der Waals surface area contributed by atoms with Gasteiger partial charge in [0.2, 0.25) is 0 Å². The molecular formula is C12H16ClNO3S. The van der Waals surface area contributed by atoms with Crippen LogP contribution in [0.25, 0.3) is 0 Å². The van der Waals surface area contributed by atoms with Crippen LogP contribution in [0.3, 0.4) is 0 Å². The normalized spacial score (nSPS) is 18.6. The molecule has 1 aliphatic rings. The summed E-state index contributed by atoms with van der Waals surface area (Å²) in [4.78, 5) is 12.4. The van der Waals surface area contributed by atoms with Crippen molar-refractivity contribution in [2.45, 2.75) is 25.4 Å². The molecule has 2 rings (SSSR count).